The van der Waals surface area contributed by atoms with Crippen molar-refractivity contribution in [2.24, 2.45) is 41.4 Å². The SMILES string of the molecule is CC1C(=O)N(C)C(=O)C1C.CCC(C)c1ccc(C)cc1.CCC(C)c1cccc(C(=O)OC)c1.CCC(C)c1cccc(C)c1.CCC(C)c1ccccc1C.COC(=O)C1CC2CC1C(C)C2C. The third kappa shape index (κ3) is 18.0. The lowest BCUT2D eigenvalue weighted by molar-refractivity contribution is -0.148. The fraction of sp³-hybridized carbons (Fsp3) is 0.556. The van der Waals surface area contributed by atoms with Gasteiger partial charge in [-0.1, -0.05) is 179 Å². The molecule has 0 radical (unpaired) electrons. The summed E-state index contributed by atoms with van der Waals surface area (Å²) in [7, 11) is 4.44. The molecule has 1 heterocycles. The fourth-order valence-corrected chi connectivity index (χ4v) is 9.54. The molecule has 0 aromatic heterocycles. The minimum absolute atomic E-state index is 0.0197. The van der Waals surface area contributed by atoms with Crippen LogP contribution < -0.4 is 0 Å². The average Bonchev–Trinajstić information content (AvgIpc) is 4.00. The van der Waals surface area contributed by atoms with E-state index in [1.54, 1.807) is 19.9 Å². The Balaban J connectivity index is 0.000000289. The molecular weight excluding hydrogens is 867 g/mol. The van der Waals surface area contributed by atoms with Gasteiger partial charge in [0.05, 0.1) is 25.7 Å². The molecule has 0 spiro atoms. The molecule has 11 atom stereocenters. The zero-order valence-corrected chi connectivity index (χ0v) is 46.7. The number of likely N-dealkylation sites (tertiary alicyclic amines) is 1. The Bertz CT molecular complexity index is 2170. The first-order valence-corrected chi connectivity index (χ1v) is 26.4. The van der Waals surface area contributed by atoms with Crippen molar-refractivity contribution in [3.8, 4) is 0 Å². The molecule has 1 aliphatic heterocycles. The van der Waals surface area contributed by atoms with Crippen molar-refractivity contribution in [1.29, 1.82) is 0 Å². The number of imide groups is 1. The fourth-order valence-electron chi connectivity index (χ4n) is 9.54. The summed E-state index contributed by atoms with van der Waals surface area (Å²) in [4.78, 5) is 46.0. The van der Waals surface area contributed by atoms with E-state index in [-0.39, 0.29) is 41.5 Å². The van der Waals surface area contributed by atoms with Crippen molar-refractivity contribution in [2.75, 3.05) is 21.3 Å². The van der Waals surface area contributed by atoms with Gasteiger partial charge in [-0.15, -0.1) is 0 Å². The van der Waals surface area contributed by atoms with Crippen LogP contribution in [0.25, 0.3) is 0 Å². The number of amides is 2. The Kier molecular flexibility index (Phi) is 26.7. The van der Waals surface area contributed by atoms with Gasteiger partial charge in [-0.25, -0.2) is 4.79 Å². The molecular formula is C63H93NO6. The van der Waals surface area contributed by atoms with Gasteiger partial charge in [-0.3, -0.25) is 19.3 Å². The van der Waals surface area contributed by atoms with Gasteiger partial charge in [-0.2, -0.15) is 0 Å². The van der Waals surface area contributed by atoms with Crippen LogP contribution in [-0.2, 0) is 23.9 Å². The smallest absolute Gasteiger partial charge is 0.337 e. The van der Waals surface area contributed by atoms with Crippen molar-refractivity contribution in [3.05, 3.63) is 142 Å². The van der Waals surface area contributed by atoms with Crippen LogP contribution in [0.4, 0.5) is 0 Å². The Hall–Kier alpha value is -5.04. The number of benzene rings is 4. The molecule has 4 aromatic rings. The first kappa shape index (κ1) is 61.1. The van der Waals surface area contributed by atoms with Gasteiger partial charge in [0.2, 0.25) is 11.8 Å². The van der Waals surface area contributed by atoms with E-state index in [1.807, 2.05) is 18.2 Å². The second-order valence-corrected chi connectivity index (χ2v) is 20.6. The lowest BCUT2D eigenvalue weighted by Crippen LogP contribution is -2.30. The summed E-state index contributed by atoms with van der Waals surface area (Å²) in [6.45, 7) is 32.4. The number of carbonyl (C=O) groups is 4. The van der Waals surface area contributed by atoms with Crippen LogP contribution in [0, 0.1) is 62.2 Å². The molecule has 7 heteroatoms. The zero-order valence-electron chi connectivity index (χ0n) is 46.7. The van der Waals surface area contributed by atoms with Gasteiger partial charge < -0.3 is 9.47 Å². The third-order valence-electron chi connectivity index (χ3n) is 15.9. The molecule has 7 rings (SSSR count). The molecule has 386 valence electrons. The molecule has 3 fully saturated rings. The molecule has 70 heavy (non-hydrogen) atoms. The zero-order chi connectivity index (χ0) is 52.8. The van der Waals surface area contributed by atoms with E-state index in [0.717, 1.165) is 24.7 Å². The quantitative estimate of drug-likeness (QED) is 0.116. The van der Waals surface area contributed by atoms with Crippen LogP contribution >= 0.6 is 0 Å². The molecule has 11 unspecified atom stereocenters. The maximum Gasteiger partial charge on any atom is 0.337 e. The molecule has 1 saturated heterocycles. The number of fused-ring (bicyclic) bond motifs is 2. The van der Waals surface area contributed by atoms with Crippen molar-refractivity contribution in [3.63, 3.8) is 0 Å². The van der Waals surface area contributed by atoms with E-state index in [9.17, 15) is 19.2 Å². The normalized spacial score (nSPS) is 22.3. The summed E-state index contributed by atoms with van der Waals surface area (Å²) in [5.41, 5.74) is 10.4. The maximum absolute atomic E-state index is 11.4. The Morgan fingerprint density at radius 1 is 0.571 bits per heavy atom. The van der Waals surface area contributed by atoms with Gasteiger partial charge in [0, 0.05) is 18.9 Å². The number of esters is 2. The Morgan fingerprint density at radius 3 is 1.50 bits per heavy atom. The largest absolute Gasteiger partial charge is 0.469 e. The molecule has 2 aliphatic carbocycles. The molecule has 2 amide bonds. The standard InChI is InChI=1S/C12H16O2.C11H18O2.3C11H16.C7H11NO2/c1-4-9(2)10-6-5-7-11(8-10)12(13)14-3;1-6-7(2)9-4-8(6)5-10(9)11(12)13-3;1-4-10(3)11-7-5-9(2)6-8-11;1-4-10(3)11-7-5-6-9(2)8-11;1-4-9(2)11-8-6-5-7-10(11)3;1-4-5(2)7(10)8(3)6(4)9/h5-9H,4H2,1-3H3;6-10H,4-5H2,1-3H3;2*5-8,10H,4H2,1-3H3;5-9H,4H2,1-3H3;4-5H,1-3H3. The van der Waals surface area contributed by atoms with Gasteiger partial charge in [0.15, 0.2) is 0 Å². The first-order chi connectivity index (χ1) is 33.1. The Labute approximate surface area is 425 Å². The first-order valence-electron chi connectivity index (χ1n) is 26.4. The van der Waals surface area contributed by atoms with E-state index >= 15 is 0 Å². The van der Waals surface area contributed by atoms with Crippen molar-refractivity contribution in [1.82, 2.24) is 4.90 Å². The topological polar surface area (TPSA) is 90.0 Å². The van der Waals surface area contributed by atoms with Crippen molar-refractivity contribution >= 4 is 23.8 Å². The summed E-state index contributed by atoms with van der Waals surface area (Å²) >= 11 is 0. The van der Waals surface area contributed by atoms with Crippen LogP contribution in [0.15, 0.2) is 97.1 Å². The van der Waals surface area contributed by atoms with Gasteiger partial charge in [0.1, 0.15) is 0 Å². The minimum Gasteiger partial charge on any atom is -0.469 e. The number of nitrogens with zero attached hydrogens (tertiary/aromatic N) is 1. The highest BCUT2D eigenvalue weighted by Gasteiger charge is 2.51. The summed E-state index contributed by atoms with van der Waals surface area (Å²) in [6, 6.07) is 33.8. The molecule has 0 N–H and O–H groups in total. The van der Waals surface area contributed by atoms with Crippen LogP contribution in [-0.4, -0.2) is 49.9 Å². The lowest BCUT2D eigenvalue weighted by Gasteiger charge is -2.29. The second kappa shape index (κ2) is 30.6. The molecule has 4 aromatic carbocycles. The number of rotatable bonds is 10. The van der Waals surface area contributed by atoms with E-state index in [0.29, 0.717) is 41.1 Å². The minimum atomic E-state index is -0.268. The highest BCUT2D eigenvalue weighted by atomic mass is 16.5. The number of carbonyl (C=O) groups excluding carboxylic acids is 4. The van der Waals surface area contributed by atoms with Crippen LogP contribution in [0.2, 0.25) is 0 Å². The monoisotopic (exact) mass is 960 g/mol. The van der Waals surface area contributed by atoms with Crippen LogP contribution in [0.5, 0.6) is 0 Å². The van der Waals surface area contributed by atoms with Gasteiger partial charge in [-0.05, 0) is 147 Å². The van der Waals surface area contributed by atoms with E-state index in [1.165, 1.54) is 90.8 Å². The van der Waals surface area contributed by atoms with Gasteiger partial charge >= 0.3 is 11.9 Å². The van der Waals surface area contributed by atoms with Crippen LogP contribution in [0.1, 0.15) is 195 Å². The average molecular weight is 960 g/mol. The maximum atomic E-state index is 11.4. The molecule has 2 saturated carbocycles. The number of methoxy groups -OCH3 is 2. The number of aryl methyl sites for hydroxylation is 3. The molecule has 3 aliphatic rings. The third-order valence-corrected chi connectivity index (χ3v) is 15.9. The number of ether oxygens (including phenoxy) is 2. The molecule has 7 nitrogen and oxygen atoms in total. The van der Waals surface area contributed by atoms with E-state index in [4.69, 9.17) is 4.74 Å². The van der Waals surface area contributed by atoms with Crippen molar-refractivity contribution in [2.45, 2.75) is 166 Å². The summed E-state index contributed by atoms with van der Waals surface area (Å²) < 4.78 is 9.50. The van der Waals surface area contributed by atoms with Gasteiger partial charge in [0.25, 0.3) is 0 Å². The highest BCUT2D eigenvalue weighted by Crippen LogP contribution is 2.55. The lowest BCUT2D eigenvalue weighted by atomic mass is 9.76. The van der Waals surface area contributed by atoms with Crippen molar-refractivity contribution < 1.29 is 28.7 Å². The highest BCUT2D eigenvalue weighted by molar-refractivity contribution is 6.04. The van der Waals surface area contributed by atoms with E-state index < -0.39 is 0 Å². The summed E-state index contributed by atoms with van der Waals surface area (Å²) in [5, 5.41) is 0. The Morgan fingerprint density at radius 2 is 1.07 bits per heavy atom. The molecule has 2 bridgehead atoms. The number of hydrogen-bond acceptors (Lipinski definition) is 6. The predicted octanol–water partition coefficient (Wildman–Crippen LogP) is 15.9. The van der Waals surface area contributed by atoms with Crippen LogP contribution in [0.3, 0.4) is 0 Å². The van der Waals surface area contributed by atoms with E-state index in [2.05, 4.69) is 168 Å². The predicted molar refractivity (Wildman–Crippen MR) is 292 cm³/mol. The summed E-state index contributed by atoms with van der Waals surface area (Å²) in [5.74, 6) is 5.10. The summed E-state index contributed by atoms with van der Waals surface area (Å²) in [6.07, 6.45) is 7.08. The number of hydrogen-bond donors (Lipinski definition) is 0. The second-order valence-electron chi connectivity index (χ2n) is 20.6.